The molecule has 0 N–H and O–H groups in total. The second-order valence-electron chi connectivity index (χ2n) is 7.88. The molecule has 0 saturated heterocycles. The van der Waals surface area contributed by atoms with E-state index in [-0.39, 0.29) is 5.41 Å². The Kier molecular flexibility index (Phi) is 6.99. The highest BCUT2D eigenvalue weighted by Crippen LogP contribution is 2.44. The van der Waals surface area contributed by atoms with Gasteiger partial charge >= 0.3 is 0 Å². The van der Waals surface area contributed by atoms with Crippen LogP contribution in [0.2, 0.25) is 0 Å². The average molecular weight is 397 g/mol. The molecule has 0 radical (unpaired) electrons. The van der Waals surface area contributed by atoms with E-state index in [9.17, 15) is 0 Å². The van der Waals surface area contributed by atoms with Crippen molar-refractivity contribution in [3.8, 4) is 11.5 Å². The maximum atomic E-state index is 6.25. The molecule has 3 aromatic rings. The number of rotatable bonds is 10. The van der Waals surface area contributed by atoms with E-state index in [0.717, 1.165) is 39.5 Å². The molecule has 0 heterocycles. The van der Waals surface area contributed by atoms with Crippen LogP contribution in [-0.4, -0.2) is 40.6 Å². The molecule has 0 saturated carbocycles. The van der Waals surface area contributed by atoms with Gasteiger partial charge in [-0.2, -0.15) is 0 Å². The van der Waals surface area contributed by atoms with E-state index >= 15 is 0 Å². The number of hydrogen-bond donors (Lipinski definition) is 0. The van der Waals surface area contributed by atoms with Crippen molar-refractivity contribution in [3.05, 3.63) is 48.0 Å². The Morgan fingerprint density at radius 1 is 0.690 bits per heavy atom. The van der Waals surface area contributed by atoms with E-state index in [1.54, 1.807) is 14.2 Å². The third-order valence-corrected chi connectivity index (χ3v) is 5.66. The maximum absolute atomic E-state index is 6.25. The van der Waals surface area contributed by atoms with Gasteiger partial charge in [0.05, 0.1) is 13.2 Å². The normalized spacial score (nSPS) is 11.9. The molecule has 0 spiro atoms. The molecule has 0 bridgehead atoms. The summed E-state index contributed by atoms with van der Waals surface area (Å²) in [5, 5.41) is 4.23. The first-order chi connectivity index (χ1) is 14.0. The molecule has 3 aromatic carbocycles. The number of benzene rings is 3. The van der Waals surface area contributed by atoms with Crippen molar-refractivity contribution >= 4 is 21.5 Å². The van der Waals surface area contributed by atoms with Crippen molar-refractivity contribution in [2.75, 3.05) is 40.6 Å². The molecular weight excluding hydrogens is 364 g/mol. The van der Waals surface area contributed by atoms with E-state index in [0.29, 0.717) is 26.4 Å². The SMILES string of the molecule is CCC(C)(C)c1ccc2c(OCCOC)c3ccccc3c(OCCOC)c2c1. The summed E-state index contributed by atoms with van der Waals surface area (Å²) in [6.07, 6.45) is 1.06. The number of fused-ring (bicyclic) bond motifs is 2. The third kappa shape index (κ3) is 4.49. The van der Waals surface area contributed by atoms with Crippen LogP contribution in [0.25, 0.3) is 21.5 Å². The molecule has 0 aliphatic rings. The van der Waals surface area contributed by atoms with Crippen LogP contribution < -0.4 is 9.47 Å². The quantitative estimate of drug-likeness (QED) is 0.324. The molecule has 3 rings (SSSR count). The summed E-state index contributed by atoms with van der Waals surface area (Å²) in [6, 6.07) is 14.9. The number of methoxy groups -OCH3 is 2. The zero-order valence-electron chi connectivity index (χ0n) is 18.2. The molecule has 0 aliphatic heterocycles. The Balaban J connectivity index is 2.27. The number of ether oxygens (including phenoxy) is 4. The van der Waals surface area contributed by atoms with E-state index < -0.39 is 0 Å². The van der Waals surface area contributed by atoms with Crippen molar-refractivity contribution in [1.82, 2.24) is 0 Å². The van der Waals surface area contributed by atoms with Gasteiger partial charge in [-0.15, -0.1) is 0 Å². The van der Waals surface area contributed by atoms with Gasteiger partial charge in [0.1, 0.15) is 24.7 Å². The summed E-state index contributed by atoms with van der Waals surface area (Å²) in [4.78, 5) is 0. The van der Waals surface area contributed by atoms with E-state index in [1.807, 2.05) is 12.1 Å². The average Bonchev–Trinajstić information content (AvgIpc) is 2.74. The van der Waals surface area contributed by atoms with Crippen molar-refractivity contribution < 1.29 is 18.9 Å². The van der Waals surface area contributed by atoms with Crippen LogP contribution >= 0.6 is 0 Å². The minimum Gasteiger partial charge on any atom is -0.490 e. The smallest absolute Gasteiger partial charge is 0.135 e. The van der Waals surface area contributed by atoms with Gasteiger partial charge in [-0.05, 0) is 23.5 Å². The summed E-state index contributed by atoms with van der Waals surface area (Å²) in [6.45, 7) is 8.86. The van der Waals surface area contributed by atoms with Crippen LogP contribution in [0.4, 0.5) is 0 Å². The van der Waals surface area contributed by atoms with Gasteiger partial charge in [0, 0.05) is 35.8 Å². The Bertz CT molecular complexity index is 962. The first-order valence-electron chi connectivity index (χ1n) is 10.3. The fourth-order valence-electron chi connectivity index (χ4n) is 3.49. The van der Waals surface area contributed by atoms with E-state index in [2.05, 4.69) is 51.1 Å². The zero-order chi connectivity index (χ0) is 20.9. The van der Waals surface area contributed by atoms with Gasteiger partial charge in [-0.25, -0.2) is 0 Å². The first-order valence-corrected chi connectivity index (χ1v) is 10.3. The number of hydrogen-bond acceptors (Lipinski definition) is 4. The zero-order valence-corrected chi connectivity index (χ0v) is 18.2. The molecule has 156 valence electrons. The van der Waals surface area contributed by atoms with Gasteiger partial charge in [-0.3, -0.25) is 0 Å². The lowest BCUT2D eigenvalue weighted by Gasteiger charge is -2.25. The van der Waals surface area contributed by atoms with Gasteiger partial charge < -0.3 is 18.9 Å². The molecular formula is C25H32O4. The van der Waals surface area contributed by atoms with Crippen molar-refractivity contribution in [1.29, 1.82) is 0 Å². The van der Waals surface area contributed by atoms with Crippen LogP contribution in [-0.2, 0) is 14.9 Å². The Hall–Kier alpha value is -2.30. The minimum absolute atomic E-state index is 0.0840. The van der Waals surface area contributed by atoms with Crippen LogP contribution in [0.5, 0.6) is 11.5 Å². The van der Waals surface area contributed by atoms with Crippen LogP contribution in [0, 0.1) is 0 Å². The first kappa shape index (κ1) is 21.4. The predicted molar refractivity (Wildman–Crippen MR) is 120 cm³/mol. The summed E-state index contributed by atoms with van der Waals surface area (Å²) in [7, 11) is 3.37. The summed E-state index contributed by atoms with van der Waals surface area (Å²) < 4.78 is 22.9. The van der Waals surface area contributed by atoms with Gasteiger partial charge in [0.2, 0.25) is 0 Å². The molecule has 4 heteroatoms. The molecule has 29 heavy (non-hydrogen) atoms. The van der Waals surface area contributed by atoms with Gasteiger partial charge in [0.15, 0.2) is 0 Å². The fraction of sp³-hybridized carbons (Fsp3) is 0.440. The summed E-state index contributed by atoms with van der Waals surface area (Å²) >= 11 is 0. The topological polar surface area (TPSA) is 36.9 Å². The minimum atomic E-state index is 0.0840. The van der Waals surface area contributed by atoms with E-state index in [4.69, 9.17) is 18.9 Å². The molecule has 0 aliphatic carbocycles. The predicted octanol–water partition coefficient (Wildman–Crippen LogP) is 5.73. The lowest BCUT2D eigenvalue weighted by molar-refractivity contribution is 0.147. The Morgan fingerprint density at radius 3 is 1.72 bits per heavy atom. The molecule has 4 nitrogen and oxygen atoms in total. The van der Waals surface area contributed by atoms with Crippen molar-refractivity contribution in [3.63, 3.8) is 0 Å². The Morgan fingerprint density at radius 2 is 1.21 bits per heavy atom. The molecule has 0 atom stereocenters. The molecule has 0 aromatic heterocycles. The highest BCUT2D eigenvalue weighted by atomic mass is 16.5. The van der Waals surface area contributed by atoms with Crippen LogP contribution in [0.1, 0.15) is 32.8 Å². The second-order valence-corrected chi connectivity index (χ2v) is 7.88. The maximum Gasteiger partial charge on any atom is 0.135 e. The highest BCUT2D eigenvalue weighted by molar-refractivity contribution is 6.11. The van der Waals surface area contributed by atoms with Crippen LogP contribution in [0.15, 0.2) is 42.5 Å². The summed E-state index contributed by atoms with van der Waals surface area (Å²) in [5.41, 5.74) is 1.38. The van der Waals surface area contributed by atoms with Crippen molar-refractivity contribution in [2.24, 2.45) is 0 Å². The molecule has 0 amide bonds. The standard InChI is InChI=1S/C25H32O4/c1-6-25(2,3)18-11-12-21-22(17-18)24(29-16-14-27-5)20-10-8-7-9-19(20)23(21)28-15-13-26-4/h7-12,17H,6,13-16H2,1-5H3. The monoisotopic (exact) mass is 396 g/mol. The highest BCUT2D eigenvalue weighted by Gasteiger charge is 2.22. The largest absolute Gasteiger partial charge is 0.490 e. The fourth-order valence-corrected chi connectivity index (χ4v) is 3.49. The van der Waals surface area contributed by atoms with E-state index in [1.165, 1.54) is 5.56 Å². The third-order valence-electron chi connectivity index (χ3n) is 5.66. The van der Waals surface area contributed by atoms with Crippen molar-refractivity contribution in [2.45, 2.75) is 32.6 Å². The molecule has 0 unspecified atom stereocenters. The summed E-state index contributed by atoms with van der Waals surface area (Å²) in [5.74, 6) is 1.77. The lowest BCUT2D eigenvalue weighted by atomic mass is 9.81. The lowest BCUT2D eigenvalue weighted by Crippen LogP contribution is -2.15. The second kappa shape index (κ2) is 9.47. The van der Waals surface area contributed by atoms with Gasteiger partial charge in [-0.1, -0.05) is 57.2 Å². The Labute approximate surface area is 173 Å². The molecule has 0 fully saturated rings. The van der Waals surface area contributed by atoms with Crippen LogP contribution in [0.3, 0.4) is 0 Å². The van der Waals surface area contributed by atoms with Gasteiger partial charge in [0.25, 0.3) is 0 Å².